The van der Waals surface area contributed by atoms with Gasteiger partial charge in [0.05, 0.1) is 19.3 Å². The van der Waals surface area contributed by atoms with Gasteiger partial charge in [0.25, 0.3) is 0 Å². The van der Waals surface area contributed by atoms with E-state index in [2.05, 4.69) is 26.1 Å². The molecule has 0 spiro atoms. The van der Waals surface area contributed by atoms with Crippen LogP contribution in [0.4, 0.5) is 0 Å². The van der Waals surface area contributed by atoms with Crippen molar-refractivity contribution in [2.45, 2.75) is 26.8 Å². The van der Waals surface area contributed by atoms with Crippen molar-refractivity contribution < 1.29 is 9.53 Å². The number of nitrogens with one attached hydrogen (secondary N) is 1. The minimum absolute atomic E-state index is 0.000236. The van der Waals surface area contributed by atoms with Gasteiger partial charge in [-0.1, -0.05) is 20.8 Å². The summed E-state index contributed by atoms with van der Waals surface area (Å²) in [6, 6.07) is -0.000236. The average molecular weight is 214 g/mol. The van der Waals surface area contributed by atoms with Gasteiger partial charge in [-0.3, -0.25) is 10.1 Å². The van der Waals surface area contributed by atoms with Crippen LogP contribution in [-0.4, -0.2) is 43.8 Å². The lowest BCUT2D eigenvalue weighted by atomic mass is 10.0. The standard InChI is InChI=1S/C11H22N2O2/c1-8(2)10-11(14)13(7-12-10)5-9(3)6-15-4/h8-10,12H,5-7H2,1-4H3. The van der Waals surface area contributed by atoms with E-state index in [9.17, 15) is 4.79 Å². The molecule has 0 aliphatic carbocycles. The lowest BCUT2D eigenvalue weighted by molar-refractivity contribution is -0.130. The number of hydrogen-bond donors (Lipinski definition) is 1. The summed E-state index contributed by atoms with van der Waals surface area (Å²) in [5.74, 6) is 0.986. The fraction of sp³-hybridized carbons (Fsp3) is 0.909. The van der Waals surface area contributed by atoms with E-state index in [0.717, 1.165) is 6.54 Å². The zero-order valence-electron chi connectivity index (χ0n) is 10.1. The maximum absolute atomic E-state index is 11.9. The van der Waals surface area contributed by atoms with Crippen LogP contribution in [0.3, 0.4) is 0 Å². The van der Waals surface area contributed by atoms with E-state index in [0.29, 0.717) is 25.1 Å². The molecule has 0 bridgehead atoms. The molecule has 88 valence electrons. The van der Waals surface area contributed by atoms with Gasteiger partial charge in [0.2, 0.25) is 5.91 Å². The van der Waals surface area contributed by atoms with Gasteiger partial charge < -0.3 is 9.64 Å². The minimum Gasteiger partial charge on any atom is -0.384 e. The van der Waals surface area contributed by atoms with Crippen LogP contribution in [0.2, 0.25) is 0 Å². The Balaban J connectivity index is 2.42. The highest BCUT2D eigenvalue weighted by molar-refractivity contribution is 5.84. The van der Waals surface area contributed by atoms with Crippen LogP contribution in [-0.2, 0) is 9.53 Å². The lowest BCUT2D eigenvalue weighted by Gasteiger charge is -2.20. The Hall–Kier alpha value is -0.610. The summed E-state index contributed by atoms with van der Waals surface area (Å²) >= 11 is 0. The van der Waals surface area contributed by atoms with Crippen molar-refractivity contribution in [1.29, 1.82) is 0 Å². The molecule has 1 aliphatic rings. The molecule has 1 aliphatic heterocycles. The van der Waals surface area contributed by atoms with Gasteiger partial charge in [-0.25, -0.2) is 0 Å². The molecule has 2 atom stereocenters. The molecule has 15 heavy (non-hydrogen) atoms. The van der Waals surface area contributed by atoms with E-state index in [-0.39, 0.29) is 11.9 Å². The van der Waals surface area contributed by atoms with E-state index in [1.165, 1.54) is 0 Å². The Bertz CT molecular complexity index is 219. The number of carbonyl (C=O) groups is 1. The number of nitrogens with zero attached hydrogens (tertiary/aromatic N) is 1. The van der Waals surface area contributed by atoms with Crippen LogP contribution < -0.4 is 5.32 Å². The van der Waals surface area contributed by atoms with Crippen LogP contribution >= 0.6 is 0 Å². The van der Waals surface area contributed by atoms with Crippen molar-refractivity contribution in [3.8, 4) is 0 Å². The monoisotopic (exact) mass is 214 g/mol. The molecule has 4 nitrogen and oxygen atoms in total. The Morgan fingerprint density at radius 2 is 2.20 bits per heavy atom. The molecule has 0 aromatic carbocycles. The number of hydrogen-bond acceptors (Lipinski definition) is 3. The van der Waals surface area contributed by atoms with E-state index in [1.807, 2.05) is 4.90 Å². The summed E-state index contributed by atoms with van der Waals surface area (Å²) in [6.45, 7) is 8.39. The number of rotatable bonds is 5. The predicted octanol–water partition coefficient (Wildman–Crippen LogP) is 0.683. The van der Waals surface area contributed by atoms with Gasteiger partial charge in [0.1, 0.15) is 0 Å². The van der Waals surface area contributed by atoms with E-state index >= 15 is 0 Å². The maximum atomic E-state index is 11.9. The molecule has 1 N–H and O–H groups in total. The highest BCUT2D eigenvalue weighted by atomic mass is 16.5. The van der Waals surface area contributed by atoms with Crippen LogP contribution in [0.25, 0.3) is 0 Å². The fourth-order valence-electron chi connectivity index (χ4n) is 1.96. The molecule has 0 aromatic heterocycles. The SMILES string of the molecule is COCC(C)CN1CNC(C(C)C)C1=O. The summed E-state index contributed by atoms with van der Waals surface area (Å²) in [6.07, 6.45) is 0. The first-order valence-corrected chi connectivity index (χ1v) is 5.57. The molecule has 0 radical (unpaired) electrons. The minimum atomic E-state index is -0.000236. The molecule has 0 saturated carbocycles. The molecule has 1 rings (SSSR count). The second-order valence-electron chi connectivity index (χ2n) is 4.71. The largest absolute Gasteiger partial charge is 0.384 e. The van der Waals surface area contributed by atoms with Gasteiger partial charge in [-0.05, 0) is 11.8 Å². The number of amides is 1. The molecular formula is C11H22N2O2. The summed E-state index contributed by atoms with van der Waals surface area (Å²) in [5, 5.41) is 3.24. The quantitative estimate of drug-likeness (QED) is 0.732. The molecule has 1 fully saturated rings. The van der Waals surface area contributed by atoms with Crippen LogP contribution in [0, 0.1) is 11.8 Å². The summed E-state index contributed by atoms with van der Waals surface area (Å²) in [7, 11) is 1.69. The van der Waals surface area contributed by atoms with Gasteiger partial charge in [0.15, 0.2) is 0 Å². The predicted molar refractivity (Wildman–Crippen MR) is 59.4 cm³/mol. The Morgan fingerprint density at radius 1 is 1.53 bits per heavy atom. The Labute approximate surface area is 92.0 Å². The second-order valence-corrected chi connectivity index (χ2v) is 4.71. The van der Waals surface area contributed by atoms with E-state index in [4.69, 9.17) is 4.74 Å². The van der Waals surface area contributed by atoms with Crippen molar-refractivity contribution in [3.05, 3.63) is 0 Å². The molecule has 0 aromatic rings. The Morgan fingerprint density at radius 3 is 2.67 bits per heavy atom. The fourth-order valence-corrected chi connectivity index (χ4v) is 1.96. The third kappa shape index (κ3) is 3.18. The zero-order chi connectivity index (χ0) is 11.4. The number of carbonyl (C=O) groups excluding carboxylic acids is 1. The third-order valence-electron chi connectivity index (χ3n) is 2.73. The van der Waals surface area contributed by atoms with Crippen molar-refractivity contribution >= 4 is 5.91 Å². The molecule has 1 saturated heterocycles. The van der Waals surface area contributed by atoms with Gasteiger partial charge in [-0.2, -0.15) is 0 Å². The Kier molecular flexibility index (Phi) is 4.54. The van der Waals surface area contributed by atoms with Gasteiger partial charge in [0, 0.05) is 13.7 Å². The molecule has 1 heterocycles. The van der Waals surface area contributed by atoms with Gasteiger partial charge >= 0.3 is 0 Å². The lowest BCUT2D eigenvalue weighted by Crippen LogP contribution is -2.36. The van der Waals surface area contributed by atoms with Crippen molar-refractivity contribution in [1.82, 2.24) is 10.2 Å². The molecule has 2 unspecified atom stereocenters. The summed E-state index contributed by atoms with van der Waals surface area (Å²) in [4.78, 5) is 13.8. The second kappa shape index (κ2) is 5.47. The number of methoxy groups -OCH3 is 1. The summed E-state index contributed by atoms with van der Waals surface area (Å²) in [5.41, 5.74) is 0. The van der Waals surface area contributed by atoms with Crippen molar-refractivity contribution in [2.24, 2.45) is 11.8 Å². The normalized spacial score (nSPS) is 23.9. The zero-order valence-corrected chi connectivity index (χ0v) is 10.1. The maximum Gasteiger partial charge on any atom is 0.241 e. The first-order valence-electron chi connectivity index (χ1n) is 5.57. The third-order valence-corrected chi connectivity index (χ3v) is 2.73. The van der Waals surface area contributed by atoms with Crippen LogP contribution in [0.15, 0.2) is 0 Å². The first kappa shape index (κ1) is 12.5. The van der Waals surface area contributed by atoms with Gasteiger partial charge in [-0.15, -0.1) is 0 Å². The molecule has 1 amide bonds. The van der Waals surface area contributed by atoms with Crippen LogP contribution in [0.5, 0.6) is 0 Å². The summed E-state index contributed by atoms with van der Waals surface area (Å²) < 4.78 is 5.07. The van der Waals surface area contributed by atoms with E-state index < -0.39 is 0 Å². The highest BCUT2D eigenvalue weighted by Gasteiger charge is 2.33. The topological polar surface area (TPSA) is 41.6 Å². The smallest absolute Gasteiger partial charge is 0.241 e. The highest BCUT2D eigenvalue weighted by Crippen LogP contribution is 2.13. The van der Waals surface area contributed by atoms with E-state index in [1.54, 1.807) is 7.11 Å². The molecular weight excluding hydrogens is 192 g/mol. The number of ether oxygens (including phenoxy) is 1. The first-order chi connectivity index (χ1) is 7.06. The van der Waals surface area contributed by atoms with Crippen molar-refractivity contribution in [3.63, 3.8) is 0 Å². The molecule has 4 heteroatoms. The van der Waals surface area contributed by atoms with Crippen LogP contribution in [0.1, 0.15) is 20.8 Å². The average Bonchev–Trinajstić information content (AvgIpc) is 2.48. The van der Waals surface area contributed by atoms with Crippen molar-refractivity contribution in [2.75, 3.05) is 26.9 Å².